The predicted molar refractivity (Wildman–Crippen MR) is 90.0 cm³/mol. The van der Waals surface area contributed by atoms with Gasteiger partial charge in [0.1, 0.15) is 11.6 Å². The van der Waals surface area contributed by atoms with E-state index in [0.717, 1.165) is 24.1 Å². The Morgan fingerprint density at radius 1 is 1.17 bits per heavy atom. The summed E-state index contributed by atoms with van der Waals surface area (Å²) in [6, 6.07) is 11.8. The zero-order chi connectivity index (χ0) is 16.2. The molecular weight excluding hydrogens is 293 g/mol. The minimum absolute atomic E-state index is 0.139. The molecule has 5 heteroatoms. The molecule has 0 bridgehead atoms. The Balaban J connectivity index is 2.02. The van der Waals surface area contributed by atoms with Gasteiger partial charge in [0.05, 0.1) is 10.9 Å². The summed E-state index contributed by atoms with van der Waals surface area (Å²) < 4.78 is 13.4. The number of halogens is 1. The molecule has 1 aromatic heterocycles. The summed E-state index contributed by atoms with van der Waals surface area (Å²) in [6.07, 6.45) is 1.60. The maximum Gasteiger partial charge on any atom is 0.258 e. The number of hydrogen-bond acceptors (Lipinski definition) is 3. The first-order chi connectivity index (χ1) is 11.2. The normalized spacial score (nSPS) is 11.0. The van der Waals surface area contributed by atoms with Crippen LogP contribution in [0, 0.1) is 5.82 Å². The quantitative estimate of drug-likeness (QED) is 0.712. The van der Waals surface area contributed by atoms with E-state index < -0.39 is 0 Å². The molecule has 2 aromatic carbocycles. The van der Waals surface area contributed by atoms with Crippen molar-refractivity contribution in [3.05, 3.63) is 64.5 Å². The molecule has 2 N–H and O–H groups in total. The van der Waals surface area contributed by atoms with E-state index in [-0.39, 0.29) is 11.4 Å². The number of aromatic nitrogens is 2. The third-order valence-electron chi connectivity index (χ3n) is 3.75. The lowest BCUT2D eigenvalue weighted by Crippen LogP contribution is -2.14. The number of aromatic amines is 1. The number of hydrogen-bond donors (Lipinski definition) is 2. The molecule has 0 unspecified atom stereocenters. The molecule has 0 aliphatic rings. The Kier molecular flexibility index (Phi) is 4.48. The molecule has 118 valence electrons. The van der Waals surface area contributed by atoms with Gasteiger partial charge < -0.3 is 10.3 Å². The first-order valence-electron chi connectivity index (χ1n) is 7.61. The summed E-state index contributed by atoms with van der Waals surface area (Å²) >= 11 is 0. The molecule has 1 heterocycles. The van der Waals surface area contributed by atoms with E-state index in [1.165, 1.54) is 12.1 Å². The second-order valence-corrected chi connectivity index (χ2v) is 5.46. The molecule has 0 atom stereocenters. The van der Waals surface area contributed by atoms with E-state index in [0.29, 0.717) is 23.1 Å². The summed E-state index contributed by atoms with van der Waals surface area (Å²) in [5.74, 6) is 0.392. The monoisotopic (exact) mass is 311 g/mol. The Labute approximate surface area is 133 Å². The molecule has 23 heavy (non-hydrogen) atoms. The van der Waals surface area contributed by atoms with Crippen LogP contribution in [-0.2, 0) is 6.42 Å². The minimum Gasteiger partial charge on any atom is -0.320 e. The van der Waals surface area contributed by atoms with Crippen LogP contribution in [0.1, 0.15) is 12.2 Å². The van der Waals surface area contributed by atoms with E-state index >= 15 is 0 Å². The third kappa shape index (κ3) is 3.46. The molecule has 3 aromatic rings. The van der Waals surface area contributed by atoms with E-state index in [1.54, 1.807) is 12.1 Å². The number of aryl methyl sites for hydroxylation is 1. The van der Waals surface area contributed by atoms with Gasteiger partial charge in [-0.15, -0.1) is 0 Å². The van der Waals surface area contributed by atoms with Crippen molar-refractivity contribution in [1.29, 1.82) is 0 Å². The van der Waals surface area contributed by atoms with Gasteiger partial charge >= 0.3 is 0 Å². The smallest absolute Gasteiger partial charge is 0.258 e. The zero-order valence-corrected chi connectivity index (χ0v) is 12.9. The average molecular weight is 311 g/mol. The van der Waals surface area contributed by atoms with Crippen LogP contribution in [0.3, 0.4) is 0 Å². The van der Waals surface area contributed by atoms with Crippen molar-refractivity contribution in [2.75, 3.05) is 13.6 Å². The lowest BCUT2D eigenvalue weighted by Gasteiger charge is -2.06. The van der Waals surface area contributed by atoms with Crippen LogP contribution >= 0.6 is 0 Å². The highest BCUT2D eigenvalue weighted by Gasteiger charge is 2.07. The molecule has 0 saturated heterocycles. The van der Waals surface area contributed by atoms with E-state index in [9.17, 15) is 9.18 Å². The van der Waals surface area contributed by atoms with E-state index in [4.69, 9.17) is 0 Å². The van der Waals surface area contributed by atoms with Gasteiger partial charge in [0.2, 0.25) is 0 Å². The Hall–Kier alpha value is -2.53. The minimum atomic E-state index is -0.283. The van der Waals surface area contributed by atoms with Gasteiger partial charge in [-0.1, -0.05) is 18.2 Å². The number of nitrogens with zero attached hydrogens (tertiary/aromatic N) is 1. The molecule has 0 aliphatic heterocycles. The van der Waals surface area contributed by atoms with Gasteiger partial charge in [0, 0.05) is 6.42 Å². The first-order valence-corrected chi connectivity index (χ1v) is 7.61. The molecular formula is C18H18FN3O. The highest BCUT2D eigenvalue weighted by Crippen LogP contribution is 2.23. The molecule has 0 aliphatic carbocycles. The summed E-state index contributed by atoms with van der Waals surface area (Å²) in [6.45, 7) is 0.866. The standard InChI is InChI=1S/C18H18FN3O/c1-20-9-3-6-17-21-16-11-13(7-8-15(16)18(23)22-17)12-4-2-5-14(19)10-12/h2,4-5,7-8,10-11,20H,3,6,9H2,1H3,(H,21,22,23). The van der Waals surface area contributed by atoms with Crippen LogP contribution in [0.5, 0.6) is 0 Å². The number of nitrogens with one attached hydrogen (secondary N) is 2. The Morgan fingerprint density at radius 3 is 2.78 bits per heavy atom. The summed E-state index contributed by atoms with van der Waals surface area (Å²) in [4.78, 5) is 19.5. The molecule has 0 saturated carbocycles. The maximum atomic E-state index is 13.4. The van der Waals surface area contributed by atoms with Gasteiger partial charge in [0.15, 0.2) is 0 Å². The number of H-pyrrole nitrogens is 1. The van der Waals surface area contributed by atoms with Gasteiger partial charge in [-0.05, 0) is 55.4 Å². The van der Waals surface area contributed by atoms with Crippen LogP contribution in [0.2, 0.25) is 0 Å². The SMILES string of the molecule is CNCCCc1nc2cc(-c3cccc(F)c3)ccc2c(=O)[nH]1. The highest BCUT2D eigenvalue weighted by molar-refractivity contribution is 5.83. The second kappa shape index (κ2) is 6.71. The van der Waals surface area contributed by atoms with Crippen molar-refractivity contribution in [1.82, 2.24) is 15.3 Å². The van der Waals surface area contributed by atoms with Gasteiger partial charge in [-0.25, -0.2) is 9.37 Å². The van der Waals surface area contributed by atoms with Crippen molar-refractivity contribution in [3.8, 4) is 11.1 Å². The first kappa shape index (κ1) is 15.4. The average Bonchev–Trinajstić information content (AvgIpc) is 2.54. The Morgan fingerprint density at radius 2 is 2.00 bits per heavy atom. The predicted octanol–water partition coefficient (Wildman–Crippen LogP) is 2.88. The summed E-state index contributed by atoms with van der Waals surface area (Å²) in [5, 5.41) is 3.61. The lowest BCUT2D eigenvalue weighted by molar-refractivity contribution is 0.628. The fourth-order valence-electron chi connectivity index (χ4n) is 2.59. The fourth-order valence-corrected chi connectivity index (χ4v) is 2.59. The van der Waals surface area contributed by atoms with Crippen molar-refractivity contribution in [2.24, 2.45) is 0 Å². The molecule has 0 fully saturated rings. The summed E-state index contributed by atoms with van der Waals surface area (Å²) in [5.41, 5.74) is 2.11. The highest BCUT2D eigenvalue weighted by atomic mass is 19.1. The third-order valence-corrected chi connectivity index (χ3v) is 3.75. The number of rotatable bonds is 5. The van der Waals surface area contributed by atoms with Gasteiger partial charge in [-0.3, -0.25) is 4.79 Å². The van der Waals surface area contributed by atoms with Crippen molar-refractivity contribution < 1.29 is 4.39 Å². The fraction of sp³-hybridized carbons (Fsp3) is 0.222. The molecule has 0 radical (unpaired) electrons. The van der Waals surface area contributed by atoms with Crippen molar-refractivity contribution >= 4 is 10.9 Å². The lowest BCUT2D eigenvalue weighted by atomic mass is 10.0. The van der Waals surface area contributed by atoms with Crippen molar-refractivity contribution in [2.45, 2.75) is 12.8 Å². The van der Waals surface area contributed by atoms with E-state index in [1.807, 2.05) is 25.2 Å². The van der Waals surface area contributed by atoms with Crippen LogP contribution in [-0.4, -0.2) is 23.6 Å². The molecule has 0 spiro atoms. The van der Waals surface area contributed by atoms with Crippen LogP contribution in [0.25, 0.3) is 22.0 Å². The van der Waals surface area contributed by atoms with Gasteiger partial charge in [-0.2, -0.15) is 0 Å². The van der Waals surface area contributed by atoms with Crippen LogP contribution < -0.4 is 10.9 Å². The zero-order valence-electron chi connectivity index (χ0n) is 12.9. The second-order valence-electron chi connectivity index (χ2n) is 5.46. The molecule has 4 nitrogen and oxygen atoms in total. The Bertz CT molecular complexity index is 889. The maximum absolute atomic E-state index is 13.4. The van der Waals surface area contributed by atoms with E-state index in [2.05, 4.69) is 15.3 Å². The van der Waals surface area contributed by atoms with Crippen LogP contribution in [0.4, 0.5) is 4.39 Å². The largest absolute Gasteiger partial charge is 0.320 e. The summed E-state index contributed by atoms with van der Waals surface area (Å²) in [7, 11) is 1.89. The molecule has 0 amide bonds. The molecule has 3 rings (SSSR count). The number of fused-ring (bicyclic) bond motifs is 1. The number of benzene rings is 2. The van der Waals surface area contributed by atoms with Crippen LogP contribution in [0.15, 0.2) is 47.3 Å². The van der Waals surface area contributed by atoms with Gasteiger partial charge in [0.25, 0.3) is 5.56 Å². The topological polar surface area (TPSA) is 57.8 Å². The van der Waals surface area contributed by atoms with Crippen molar-refractivity contribution in [3.63, 3.8) is 0 Å².